The van der Waals surface area contributed by atoms with Crippen LogP contribution in [0.4, 0.5) is 5.13 Å². The largest absolute Gasteiger partial charge is 0.374 e. The summed E-state index contributed by atoms with van der Waals surface area (Å²) >= 11 is 8.67. The summed E-state index contributed by atoms with van der Waals surface area (Å²) in [5.41, 5.74) is 7.31. The van der Waals surface area contributed by atoms with Crippen molar-refractivity contribution in [1.82, 2.24) is 24.8 Å². The summed E-state index contributed by atoms with van der Waals surface area (Å²) < 4.78 is 1.33. The Morgan fingerprint density at radius 2 is 1.96 bits per heavy atom. The summed E-state index contributed by atoms with van der Waals surface area (Å²) in [7, 11) is 0. The maximum Gasteiger partial charge on any atom is 0.275 e. The third-order valence-electron chi connectivity index (χ3n) is 3.79. The summed E-state index contributed by atoms with van der Waals surface area (Å²) in [6, 6.07) is 9.07. The first kappa shape index (κ1) is 17.1. The van der Waals surface area contributed by atoms with Crippen molar-refractivity contribution in [3.05, 3.63) is 67.0 Å². The predicted octanol–water partition coefficient (Wildman–Crippen LogP) is 2.92. The van der Waals surface area contributed by atoms with Crippen molar-refractivity contribution in [2.24, 2.45) is 0 Å². The van der Waals surface area contributed by atoms with Crippen molar-refractivity contribution in [3.8, 4) is 0 Å². The zero-order chi connectivity index (χ0) is 18.3. The minimum absolute atomic E-state index is 0.169. The first-order chi connectivity index (χ1) is 12.5. The SMILES string of the molecule is Cc1cc(=O)n2nc(C(Cc3ccc(Cl)cc3)c3nnc(N)s3)sc2n1. The molecule has 26 heavy (non-hydrogen) atoms. The van der Waals surface area contributed by atoms with Gasteiger partial charge in [-0.15, -0.1) is 10.2 Å². The van der Waals surface area contributed by atoms with Gasteiger partial charge in [0.05, 0.1) is 5.92 Å². The Kier molecular flexibility index (Phi) is 4.43. The number of aromatic nitrogens is 5. The van der Waals surface area contributed by atoms with Crippen LogP contribution >= 0.6 is 34.3 Å². The molecule has 10 heteroatoms. The average Bonchev–Trinajstić information content (AvgIpc) is 3.21. The Morgan fingerprint density at radius 1 is 1.19 bits per heavy atom. The fraction of sp³-hybridized carbons (Fsp3) is 0.188. The molecule has 0 radical (unpaired) electrons. The van der Waals surface area contributed by atoms with E-state index in [1.807, 2.05) is 24.3 Å². The summed E-state index contributed by atoms with van der Waals surface area (Å²) in [4.78, 5) is 17.1. The molecular weight excluding hydrogens is 392 g/mol. The molecule has 4 aromatic rings. The van der Waals surface area contributed by atoms with E-state index in [1.54, 1.807) is 6.92 Å². The summed E-state index contributed by atoms with van der Waals surface area (Å²) in [6.07, 6.45) is 0.638. The molecule has 3 heterocycles. The van der Waals surface area contributed by atoms with Crippen LogP contribution in [0.25, 0.3) is 4.96 Å². The topological polar surface area (TPSA) is 99.1 Å². The maximum absolute atomic E-state index is 12.2. The number of hydrogen-bond donors (Lipinski definition) is 1. The van der Waals surface area contributed by atoms with Crippen molar-refractivity contribution in [2.45, 2.75) is 19.3 Å². The molecule has 1 atom stereocenters. The number of aryl methyl sites for hydroxylation is 1. The van der Waals surface area contributed by atoms with E-state index in [4.69, 9.17) is 17.3 Å². The van der Waals surface area contributed by atoms with Crippen molar-refractivity contribution in [3.63, 3.8) is 0 Å². The summed E-state index contributed by atoms with van der Waals surface area (Å²) in [5, 5.41) is 15.2. The molecule has 0 spiro atoms. The second-order valence-electron chi connectivity index (χ2n) is 5.73. The van der Waals surface area contributed by atoms with Gasteiger partial charge in [-0.05, 0) is 31.0 Å². The highest BCUT2D eigenvalue weighted by Crippen LogP contribution is 2.33. The van der Waals surface area contributed by atoms with E-state index in [0.717, 1.165) is 15.6 Å². The first-order valence-corrected chi connectivity index (χ1v) is 9.71. The van der Waals surface area contributed by atoms with Gasteiger partial charge in [0.2, 0.25) is 10.1 Å². The van der Waals surface area contributed by atoms with Gasteiger partial charge in [0, 0.05) is 16.8 Å². The van der Waals surface area contributed by atoms with Gasteiger partial charge in [0.1, 0.15) is 10.0 Å². The molecule has 0 fully saturated rings. The van der Waals surface area contributed by atoms with E-state index in [0.29, 0.717) is 27.2 Å². The number of fused-ring (bicyclic) bond motifs is 1. The van der Waals surface area contributed by atoms with Gasteiger partial charge >= 0.3 is 0 Å². The van der Waals surface area contributed by atoms with Crippen molar-refractivity contribution < 1.29 is 0 Å². The second-order valence-corrected chi connectivity index (χ2v) is 8.20. The molecule has 1 unspecified atom stereocenters. The average molecular weight is 405 g/mol. The van der Waals surface area contributed by atoms with E-state index in [1.165, 1.54) is 33.3 Å². The van der Waals surface area contributed by atoms with Gasteiger partial charge in [-0.1, -0.05) is 46.4 Å². The summed E-state index contributed by atoms with van der Waals surface area (Å²) in [6.45, 7) is 1.79. The van der Waals surface area contributed by atoms with Gasteiger partial charge < -0.3 is 5.73 Å². The van der Waals surface area contributed by atoms with E-state index >= 15 is 0 Å². The molecule has 0 saturated carbocycles. The molecule has 0 aliphatic heterocycles. The van der Waals surface area contributed by atoms with Crippen LogP contribution in [0.2, 0.25) is 5.02 Å². The third kappa shape index (κ3) is 3.33. The van der Waals surface area contributed by atoms with Gasteiger partial charge in [0.25, 0.3) is 5.56 Å². The van der Waals surface area contributed by atoms with E-state index in [-0.39, 0.29) is 11.5 Å². The first-order valence-electron chi connectivity index (χ1n) is 7.70. The molecule has 0 aliphatic rings. The van der Waals surface area contributed by atoms with E-state index in [2.05, 4.69) is 20.3 Å². The number of nitrogens with zero attached hydrogens (tertiary/aromatic N) is 5. The van der Waals surface area contributed by atoms with E-state index < -0.39 is 0 Å². The quantitative estimate of drug-likeness (QED) is 0.561. The van der Waals surface area contributed by atoms with Crippen LogP contribution in [0.3, 0.4) is 0 Å². The Morgan fingerprint density at radius 3 is 2.65 bits per heavy atom. The van der Waals surface area contributed by atoms with Crippen molar-refractivity contribution in [2.75, 3.05) is 5.73 Å². The second kappa shape index (κ2) is 6.75. The van der Waals surface area contributed by atoms with Crippen molar-refractivity contribution in [1.29, 1.82) is 0 Å². The Balaban J connectivity index is 1.81. The summed E-state index contributed by atoms with van der Waals surface area (Å²) in [5.74, 6) is -0.169. The van der Waals surface area contributed by atoms with Gasteiger partial charge in [-0.25, -0.2) is 4.98 Å². The smallest absolute Gasteiger partial charge is 0.275 e. The van der Waals surface area contributed by atoms with Crippen LogP contribution in [0, 0.1) is 6.92 Å². The highest BCUT2D eigenvalue weighted by atomic mass is 35.5. The minimum Gasteiger partial charge on any atom is -0.374 e. The number of rotatable bonds is 4. The number of halogens is 1. The molecule has 0 saturated heterocycles. The molecule has 4 rings (SSSR count). The third-order valence-corrected chi connectivity index (χ3v) is 5.93. The number of nitrogens with two attached hydrogens (primary N) is 1. The molecule has 3 aromatic heterocycles. The van der Waals surface area contributed by atoms with Gasteiger partial charge in [0.15, 0.2) is 0 Å². The number of nitrogen functional groups attached to an aromatic ring is 1. The molecule has 1 aromatic carbocycles. The monoisotopic (exact) mass is 404 g/mol. The molecule has 132 valence electrons. The molecule has 2 N–H and O–H groups in total. The van der Waals surface area contributed by atoms with Gasteiger partial charge in [-0.3, -0.25) is 4.79 Å². The van der Waals surface area contributed by atoms with Crippen LogP contribution in [-0.4, -0.2) is 24.8 Å². The highest BCUT2D eigenvalue weighted by Gasteiger charge is 2.24. The molecule has 0 aliphatic carbocycles. The standard InChI is InChI=1S/C16H13ClN6OS2/c1-8-6-12(24)23-16(19-8)26-14(22-23)11(13-20-21-15(18)25-13)7-9-2-4-10(17)5-3-9/h2-6,11H,7H2,1H3,(H2,18,21). The van der Waals surface area contributed by atoms with Crippen LogP contribution in [-0.2, 0) is 6.42 Å². The minimum atomic E-state index is -0.197. The normalized spacial score (nSPS) is 12.5. The van der Waals surface area contributed by atoms with Crippen molar-refractivity contribution >= 4 is 44.4 Å². The number of hydrogen-bond acceptors (Lipinski definition) is 8. The maximum atomic E-state index is 12.2. The van der Waals surface area contributed by atoms with E-state index in [9.17, 15) is 4.79 Å². The van der Waals surface area contributed by atoms with Gasteiger partial charge in [-0.2, -0.15) is 9.61 Å². The predicted molar refractivity (Wildman–Crippen MR) is 103 cm³/mol. The van der Waals surface area contributed by atoms with Crippen LogP contribution in [0.5, 0.6) is 0 Å². The fourth-order valence-corrected chi connectivity index (χ4v) is 4.57. The number of anilines is 1. The lowest BCUT2D eigenvalue weighted by molar-refractivity contribution is 0.737. The zero-order valence-corrected chi connectivity index (χ0v) is 16.0. The highest BCUT2D eigenvalue weighted by molar-refractivity contribution is 7.17. The zero-order valence-electron chi connectivity index (χ0n) is 13.6. The lowest BCUT2D eigenvalue weighted by atomic mass is 10.0. The Bertz CT molecular complexity index is 1130. The molecule has 0 amide bonds. The van der Waals surface area contributed by atoms with Crippen LogP contribution < -0.4 is 11.3 Å². The molecule has 7 nitrogen and oxygen atoms in total. The lowest BCUT2D eigenvalue weighted by Crippen LogP contribution is -2.15. The Hall–Kier alpha value is -2.36. The van der Waals surface area contributed by atoms with Crippen LogP contribution in [0.1, 0.15) is 27.2 Å². The Labute approximate surface area is 161 Å². The molecular formula is C16H13ClN6OS2. The van der Waals surface area contributed by atoms with Crippen LogP contribution in [0.15, 0.2) is 35.1 Å². The molecule has 0 bridgehead atoms. The lowest BCUT2D eigenvalue weighted by Gasteiger charge is -2.10. The number of benzene rings is 1. The fourth-order valence-electron chi connectivity index (χ4n) is 2.60.